The Morgan fingerprint density at radius 2 is 1.28 bits per heavy atom. The van der Waals surface area contributed by atoms with Gasteiger partial charge in [-0.2, -0.15) is 0 Å². The number of hydrogen-bond donors (Lipinski definition) is 4. The number of anilines is 2. The molecule has 0 aromatic carbocycles. The van der Waals surface area contributed by atoms with Gasteiger partial charge in [0.1, 0.15) is 11.6 Å². The number of amides is 2. The fraction of sp³-hybridized carbons (Fsp3) is 0. The summed E-state index contributed by atoms with van der Waals surface area (Å²) in [7, 11) is 0. The second-order valence-corrected chi connectivity index (χ2v) is 2.93. The Kier molecular flexibility index (Phi) is 3.92. The smallest absolute Gasteiger partial charge is 0.394 e. The van der Waals surface area contributed by atoms with Crippen molar-refractivity contribution in [3.63, 3.8) is 0 Å². The Balaban J connectivity index is 2.80. The minimum atomic E-state index is -1.70. The Bertz CT molecular complexity index is 484. The van der Waals surface area contributed by atoms with Gasteiger partial charge in [0.15, 0.2) is 0 Å². The maximum absolute atomic E-state index is 10.8. The molecule has 0 saturated heterocycles. The summed E-state index contributed by atoms with van der Waals surface area (Å²) in [5.74, 6) is -6.27. The van der Waals surface area contributed by atoms with E-state index in [0.29, 0.717) is 0 Å². The predicted octanol–water partition coefficient (Wildman–Crippen LogP) is -0.872. The van der Waals surface area contributed by atoms with E-state index in [-0.39, 0.29) is 11.6 Å². The summed E-state index contributed by atoms with van der Waals surface area (Å²) in [5.41, 5.74) is 0. The predicted molar refractivity (Wildman–Crippen MR) is 56.8 cm³/mol. The molecule has 0 aliphatic rings. The Labute approximate surface area is 99.4 Å². The first-order chi connectivity index (χ1) is 8.40. The lowest BCUT2D eigenvalue weighted by Gasteiger charge is -2.04. The van der Waals surface area contributed by atoms with E-state index in [1.807, 2.05) is 10.6 Å². The quantitative estimate of drug-likeness (QED) is 0.501. The molecule has 1 rings (SSSR count). The van der Waals surface area contributed by atoms with Crippen molar-refractivity contribution >= 4 is 35.4 Å². The van der Waals surface area contributed by atoms with Crippen LogP contribution in [0.3, 0.4) is 0 Å². The minimum absolute atomic E-state index is 0.134. The topological polar surface area (TPSA) is 146 Å². The van der Waals surface area contributed by atoms with Gasteiger partial charge in [0, 0.05) is 0 Å². The van der Waals surface area contributed by atoms with E-state index >= 15 is 0 Å². The van der Waals surface area contributed by atoms with Gasteiger partial charge in [-0.25, -0.2) is 14.6 Å². The molecule has 0 saturated carbocycles. The molecule has 9 heteroatoms. The van der Waals surface area contributed by atoms with Gasteiger partial charge in [-0.15, -0.1) is 0 Å². The first kappa shape index (κ1) is 13.1. The lowest BCUT2D eigenvalue weighted by Crippen LogP contribution is -2.24. The van der Waals surface area contributed by atoms with Gasteiger partial charge in [0.25, 0.3) is 0 Å². The number of carboxylic acids is 2. The molecule has 0 fully saturated rings. The van der Waals surface area contributed by atoms with Crippen molar-refractivity contribution in [1.82, 2.24) is 4.98 Å². The summed E-state index contributed by atoms with van der Waals surface area (Å²) >= 11 is 0. The molecule has 0 atom stereocenters. The zero-order valence-corrected chi connectivity index (χ0v) is 8.71. The van der Waals surface area contributed by atoms with Gasteiger partial charge in [0.05, 0.1) is 0 Å². The molecule has 0 aliphatic heterocycles. The number of carbonyl (C=O) groups excluding carboxylic acids is 2. The monoisotopic (exact) mass is 253 g/mol. The zero-order chi connectivity index (χ0) is 13.7. The molecule has 1 aromatic rings. The van der Waals surface area contributed by atoms with Crippen LogP contribution in [0.5, 0.6) is 0 Å². The molecule has 94 valence electrons. The van der Waals surface area contributed by atoms with Crippen LogP contribution >= 0.6 is 0 Å². The third-order valence-electron chi connectivity index (χ3n) is 1.62. The van der Waals surface area contributed by atoms with Crippen LogP contribution in [-0.4, -0.2) is 39.0 Å². The molecule has 0 radical (unpaired) electrons. The third-order valence-corrected chi connectivity index (χ3v) is 1.62. The standard InChI is InChI=1S/C9H7N3O6/c13-6(8(15)16)11-4-2-1-3-5(10-4)12-7(14)9(17)18/h1-3H,(H,15,16)(H,17,18)(H2,10,11,12,13,14). The highest BCUT2D eigenvalue weighted by atomic mass is 16.4. The number of nitrogens with one attached hydrogen (secondary N) is 2. The molecule has 4 N–H and O–H groups in total. The largest absolute Gasteiger partial charge is 0.474 e. The highest BCUT2D eigenvalue weighted by Crippen LogP contribution is 2.08. The van der Waals surface area contributed by atoms with Crippen LogP contribution in [-0.2, 0) is 19.2 Å². The summed E-state index contributed by atoms with van der Waals surface area (Å²) in [6.07, 6.45) is 0. The van der Waals surface area contributed by atoms with Crippen molar-refractivity contribution in [2.24, 2.45) is 0 Å². The zero-order valence-electron chi connectivity index (χ0n) is 8.71. The van der Waals surface area contributed by atoms with Gasteiger partial charge in [-0.3, -0.25) is 9.59 Å². The Hall–Kier alpha value is -2.97. The van der Waals surface area contributed by atoms with Crippen molar-refractivity contribution in [2.45, 2.75) is 0 Å². The van der Waals surface area contributed by atoms with Crippen LogP contribution in [0.1, 0.15) is 0 Å². The highest BCUT2D eigenvalue weighted by Gasteiger charge is 2.14. The lowest BCUT2D eigenvalue weighted by atomic mass is 10.4. The van der Waals surface area contributed by atoms with Crippen molar-refractivity contribution < 1.29 is 29.4 Å². The maximum atomic E-state index is 10.8. The molecule has 2 amide bonds. The van der Waals surface area contributed by atoms with E-state index in [1.165, 1.54) is 18.2 Å². The molecule has 1 heterocycles. The van der Waals surface area contributed by atoms with Gasteiger partial charge in [0.2, 0.25) is 0 Å². The van der Waals surface area contributed by atoms with Crippen LogP contribution in [0.15, 0.2) is 18.2 Å². The Morgan fingerprint density at radius 1 is 0.889 bits per heavy atom. The minimum Gasteiger partial charge on any atom is -0.474 e. The van der Waals surface area contributed by atoms with E-state index in [0.717, 1.165) is 0 Å². The average Bonchev–Trinajstić information content (AvgIpc) is 2.29. The van der Waals surface area contributed by atoms with Crippen molar-refractivity contribution in [1.29, 1.82) is 0 Å². The second-order valence-electron chi connectivity index (χ2n) is 2.93. The van der Waals surface area contributed by atoms with Crippen LogP contribution in [0.2, 0.25) is 0 Å². The van der Waals surface area contributed by atoms with Crippen molar-refractivity contribution in [3.8, 4) is 0 Å². The normalized spacial score (nSPS) is 9.33. The average molecular weight is 253 g/mol. The number of hydrogen-bond acceptors (Lipinski definition) is 5. The summed E-state index contributed by atoms with van der Waals surface area (Å²) < 4.78 is 0. The van der Waals surface area contributed by atoms with E-state index < -0.39 is 23.8 Å². The van der Waals surface area contributed by atoms with Crippen LogP contribution in [0.25, 0.3) is 0 Å². The lowest BCUT2D eigenvalue weighted by molar-refractivity contribution is -0.147. The highest BCUT2D eigenvalue weighted by molar-refractivity contribution is 6.37. The molecule has 18 heavy (non-hydrogen) atoms. The number of aromatic nitrogens is 1. The number of rotatable bonds is 2. The number of carbonyl (C=O) groups is 4. The van der Waals surface area contributed by atoms with Crippen molar-refractivity contribution in [2.75, 3.05) is 10.6 Å². The molecule has 0 bridgehead atoms. The molecular formula is C9H7N3O6. The van der Waals surface area contributed by atoms with E-state index in [2.05, 4.69) is 4.98 Å². The SMILES string of the molecule is O=C(O)C(=O)Nc1cccc(NC(=O)C(=O)O)n1. The van der Waals surface area contributed by atoms with E-state index in [9.17, 15) is 19.2 Å². The van der Waals surface area contributed by atoms with Crippen LogP contribution in [0.4, 0.5) is 11.6 Å². The molecule has 0 aliphatic carbocycles. The van der Waals surface area contributed by atoms with Gasteiger partial charge in [-0.05, 0) is 12.1 Å². The van der Waals surface area contributed by atoms with E-state index in [1.54, 1.807) is 0 Å². The van der Waals surface area contributed by atoms with Crippen LogP contribution in [0, 0.1) is 0 Å². The molecule has 9 nitrogen and oxygen atoms in total. The van der Waals surface area contributed by atoms with Gasteiger partial charge >= 0.3 is 23.8 Å². The molecular weight excluding hydrogens is 246 g/mol. The summed E-state index contributed by atoms with van der Waals surface area (Å²) in [6.45, 7) is 0. The summed E-state index contributed by atoms with van der Waals surface area (Å²) in [4.78, 5) is 45.8. The second kappa shape index (κ2) is 5.39. The van der Waals surface area contributed by atoms with E-state index in [4.69, 9.17) is 10.2 Å². The van der Waals surface area contributed by atoms with Gasteiger partial charge in [-0.1, -0.05) is 6.07 Å². The molecule has 1 aromatic heterocycles. The van der Waals surface area contributed by atoms with Crippen LogP contribution < -0.4 is 10.6 Å². The molecule has 0 spiro atoms. The third kappa shape index (κ3) is 3.56. The maximum Gasteiger partial charge on any atom is 0.394 e. The fourth-order valence-electron chi connectivity index (χ4n) is 0.914. The first-order valence-electron chi connectivity index (χ1n) is 4.45. The van der Waals surface area contributed by atoms with Gasteiger partial charge < -0.3 is 20.8 Å². The number of carboxylic acid groups (broad SMARTS) is 2. The summed E-state index contributed by atoms with van der Waals surface area (Å²) in [5, 5.41) is 20.6. The number of nitrogens with zero attached hydrogens (tertiary/aromatic N) is 1. The summed E-state index contributed by atoms with van der Waals surface area (Å²) in [6, 6.07) is 3.90. The fourth-order valence-corrected chi connectivity index (χ4v) is 0.914. The number of aliphatic carboxylic acids is 2. The first-order valence-corrected chi connectivity index (χ1v) is 4.45. The molecule has 0 unspecified atom stereocenters. The van der Waals surface area contributed by atoms with Crippen molar-refractivity contribution in [3.05, 3.63) is 18.2 Å². The number of pyridine rings is 1. The Morgan fingerprint density at radius 3 is 1.61 bits per heavy atom.